The van der Waals surface area contributed by atoms with Crippen molar-refractivity contribution in [3.05, 3.63) is 34.9 Å². The zero-order valence-corrected chi connectivity index (χ0v) is 18.7. The standard InChI is InChI=1S/C25H30F3NO3/c1-3-23(4-2,16-29)20-10-9-17(13-21(20)25(26,27)28)11-12-24(18-7-5-6-8-18)15-19(30)14-22(31)32-24/h9-10,13,18H,3-8,11-12,14-15H2,1-2H3. The van der Waals surface area contributed by atoms with Crippen molar-refractivity contribution < 1.29 is 27.5 Å². The van der Waals surface area contributed by atoms with Gasteiger partial charge in [-0.05, 0) is 61.6 Å². The van der Waals surface area contributed by atoms with Gasteiger partial charge in [-0.25, -0.2) is 0 Å². The molecule has 1 unspecified atom stereocenters. The first-order valence-electron chi connectivity index (χ1n) is 11.4. The zero-order valence-electron chi connectivity index (χ0n) is 18.7. The number of aryl methyl sites for hydroxylation is 1. The second kappa shape index (κ2) is 9.25. The van der Waals surface area contributed by atoms with Crippen molar-refractivity contribution in [2.75, 3.05) is 0 Å². The Bertz CT molecular complexity index is 890. The highest BCUT2D eigenvalue weighted by Gasteiger charge is 2.48. The van der Waals surface area contributed by atoms with Gasteiger partial charge in [-0.15, -0.1) is 0 Å². The van der Waals surface area contributed by atoms with Crippen molar-refractivity contribution in [2.24, 2.45) is 5.92 Å². The second-order valence-corrected chi connectivity index (χ2v) is 9.19. The van der Waals surface area contributed by atoms with E-state index < -0.39 is 28.7 Å². The number of hydrogen-bond acceptors (Lipinski definition) is 4. The molecule has 1 aromatic rings. The molecule has 0 bridgehead atoms. The van der Waals surface area contributed by atoms with Crippen molar-refractivity contribution in [2.45, 2.75) is 95.2 Å². The van der Waals surface area contributed by atoms with Crippen molar-refractivity contribution in [1.82, 2.24) is 0 Å². The molecule has 1 heterocycles. The van der Waals surface area contributed by atoms with Crippen LogP contribution >= 0.6 is 0 Å². The van der Waals surface area contributed by atoms with Crippen molar-refractivity contribution >= 4 is 11.8 Å². The number of halogens is 3. The summed E-state index contributed by atoms with van der Waals surface area (Å²) in [4.78, 5) is 24.3. The summed E-state index contributed by atoms with van der Waals surface area (Å²) in [7, 11) is 0. The average Bonchev–Trinajstić information content (AvgIpc) is 3.29. The van der Waals surface area contributed by atoms with E-state index in [1.165, 1.54) is 6.07 Å². The molecule has 1 atom stereocenters. The second-order valence-electron chi connectivity index (χ2n) is 9.19. The highest BCUT2D eigenvalue weighted by molar-refractivity contribution is 5.98. The Morgan fingerprint density at radius 3 is 2.31 bits per heavy atom. The Morgan fingerprint density at radius 2 is 1.78 bits per heavy atom. The van der Waals surface area contributed by atoms with E-state index >= 15 is 0 Å². The van der Waals surface area contributed by atoms with Crippen molar-refractivity contribution in [1.29, 1.82) is 5.26 Å². The lowest BCUT2D eigenvalue weighted by Crippen LogP contribution is -2.48. The summed E-state index contributed by atoms with van der Waals surface area (Å²) in [6.45, 7) is 3.45. The van der Waals surface area contributed by atoms with Crippen LogP contribution < -0.4 is 0 Å². The molecule has 32 heavy (non-hydrogen) atoms. The Morgan fingerprint density at radius 1 is 1.12 bits per heavy atom. The summed E-state index contributed by atoms with van der Waals surface area (Å²) >= 11 is 0. The van der Waals surface area contributed by atoms with Gasteiger partial charge in [0.2, 0.25) is 0 Å². The maximum atomic E-state index is 14.0. The summed E-state index contributed by atoms with van der Waals surface area (Å²) < 4.78 is 47.6. The number of nitrogens with zero attached hydrogens (tertiary/aromatic N) is 1. The number of carbonyl (C=O) groups excluding carboxylic acids is 2. The number of ether oxygens (including phenoxy) is 1. The molecule has 2 aliphatic rings. The number of alkyl halides is 3. The van der Waals surface area contributed by atoms with Crippen LogP contribution in [0.5, 0.6) is 0 Å². The molecule has 0 amide bonds. The molecule has 4 nitrogen and oxygen atoms in total. The van der Waals surface area contributed by atoms with Gasteiger partial charge in [-0.3, -0.25) is 9.59 Å². The van der Waals surface area contributed by atoms with Gasteiger partial charge in [-0.1, -0.05) is 38.8 Å². The van der Waals surface area contributed by atoms with Gasteiger partial charge < -0.3 is 4.74 Å². The summed E-state index contributed by atoms with van der Waals surface area (Å²) in [5.41, 5.74) is -2.44. The van der Waals surface area contributed by atoms with E-state index in [2.05, 4.69) is 6.07 Å². The molecule has 0 aromatic heterocycles. The lowest BCUT2D eigenvalue weighted by atomic mass is 9.73. The van der Waals surface area contributed by atoms with Crippen molar-refractivity contribution in [3.8, 4) is 6.07 Å². The summed E-state index contributed by atoms with van der Waals surface area (Å²) in [6, 6.07) is 6.29. The van der Waals surface area contributed by atoms with Crippen LogP contribution in [0.25, 0.3) is 0 Å². The first kappa shape index (κ1) is 24.3. The fourth-order valence-electron chi connectivity index (χ4n) is 5.48. The number of rotatable bonds is 7. The van der Waals surface area contributed by atoms with Crippen LogP contribution in [-0.4, -0.2) is 17.4 Å². The van der Waals surface area contributed by atoms with E-state index in [9.17, 15) is 28.0 Å². The minimum absolute atomic E-state index is 0.00558. The maximum absolute atomic E-state index is 14.0. The van der Waals surface area contributed by atoms with E-state index in [0.29, 0.717) is 12.0 Å². The van der Waals surface area contributed by atoms with E-state index in [-0.39, 0.29) is 49.4 Å². The molecule has 1 aliphatic carbocycles. The number of benzene rings is 1. The third kappa shape index (κ3) is 4.69. The molecular formula is C25H30F3NO3. The topological polar surface area (TPSA) is 67.2 Å². The van der Waals surface area contributed by atoms with Crippen LogP contribution in [-0.2, 0) is 32.3 Å². The molecule has 174 valence electrons. The zero-order chi connectivity index (χ0) is 23.6. The van der Waals surface area contributed by atoms with Gasteiger partial charge in [0.25, 0.3) is 0 Å². The Kier molecular flexibility index (Phi) is 7.02. The van der Waals surface area contributed by atoms with Crippen LogP contribution in [0.2, 0.25) is 0 Å². The van der Waals surface area contributed by atoms with Gasteiger partial charge >= 0.3 is 12.1 Å². The lowest BCUT2D eigenvalue weighted by Gasteiger charge is -2.41. The predicted octanol–water partition coefficient (Wildman–Crippen LogP) is 6.05. The Balaban J connectivity index is 1.93. The van der Waals surface area contributed by atoms with Crippen molar-refractivity contribution in [3.63, 3.8) is 0 Å². The molecule has 0 N–H and O–H groups in total. The third-order valence-electron chi connectivity index (χ3n) is 7.42. The van der Waals surface area contributed by atoms with Gasteiger partial charge in [0.1, 0.15) is 17.8 Å². The first-order chi connectivity index (χ1) is 15.1. The van der Waals surface area contributed by atoms with Crippen LogP contribution in [0.3, 0.4) is 0 Å². The highest BCUT2D eigenvalue weighted by Crippen LogP contribution is 2.45. The highest BCUT2D eigenvalue weighted by atomic mass is 19.4. The normalized spacial score (nSPS) is 22.6. The average molecular weight is 450 g/mol. The first-order valence-corrected chi connectivity index (χ1v) is 11.4. The Hall–Kier alpha value is -2.36. The molecule has 0 spiro atoms. The quantitative estimate of drug-likeness (QED) is 0.375. The predicted molar refractivity (Wildman–Crippen MR) is 113 cm³/mol. The summed E-state index contributed by atoms with van der Waals surface area (Å²) in [5, 5.41) is 9.67. The number of ketones is 1. The van der Waals surface area contributed by atoms with Crippen LogP contribution in [0.1, 0.15) is 88.3 Å². The monoisotopic (exact) mass is 449 g/mol. The summed E-state index contributed by atoms with van der Waals surface area (Å²) in [6.07, 6.45) is 0.156. The smallest absolute Gasteiger partial charge is 0.416 e. The largest absolute Gasteiger partial charge is 0.458 e. The van der Waals surface area contributed by atoms with Crippen LogP contribution in [0.15, 0.2) is 18.2 Å². The SMILES string of the molecule is CCC(C#N)(CC)c1ccc(CCC2(C3CCCC3)CC(=O)CC(=O)O2)cc1C(F)(F)F. The minimum atomic E-state index is -4.59. The van der Waals surface area contributed by atoms with Gasteiger partial charge in [0, 0.05) is 6.42 Å². The van der Waals surface area contributed by atoms with E-state index in [1.807, 2.05) is 0 Å². The number of carbonyl (C=O) groups is 2. The Labute approximate surface area is 187 Å². The number of esters is 1. The van der Waals surface area contributed by atoms with Gasteiger partial charge in [-0.2, -0.15) is 18.4 Å². The maximum Gasteiger partial charge on any atom is 0.416 e. The molecule has 7 heteroatoms. The van der Waals surface area contributed by atoms with E-state index in [0.717, 1.165) is 31.7 Å². The number of hydrogen-bond donors (Lipinski definition) is 0. The third-order valence-corrected chi connectivity index (χ3v) is 7.42. The molecular weight excluding hydrogens is 419 g/mol. The fraction of sp³-hybridized carbons (Fsp3) is 0.640. The molecule has 1 saturated heterocycles. The number of cyclic esters (lactones) is 1. The van der Waals surface area contributed by atoms with E-state index in [4.69, 9.17) is 4.74 Å². The van der Waals surface area contributed by atoms with E-state index in [1.54, 1.807) is 19.9 Å². The molecule has 1 saturated carbocycles. The van der Waals surface area contributed by atoms with Crippen LogP contribution in [0, 0.1) is 17.2 Å². The van der Waals surface area contributed by atoms with Gasteiger partial charge in [0.05, 0.1) is 17.0 Å². The lowest BCUT2D eigenvalue weighted by molar-refractivity contribution is -0.178. The molecule has 3 rings (SSSR count). The molecule has 0 radical (unpaired) electrons. The molecule has 2 fully saturated rings. The number of Topliss-reactive ketones (excluding diaryl/α,β-unsaturated/α-hetero) is 1. The van der Waals surface area contributed by atoms with Crippen LogP contribution in [0.4, 0.5) is 13.2 Å². The van der Waals surface area contributed by atoms with Gasteiger partial charge in [0.15, 0.2) is 0 Å². The minimum Gasteiger partial charge on any atom is -0.458 e. The molecule has 1 aromatic carbocycles. The number of nitriles is 1. The fourth-order valence-corrected chi connectivity index (χ4v) is 5.48. The summed E-state index contributed by atoms with van der Waals surface area (Å²) in [5.74, 6) is -0.642. The molecule has 1 aliphatic heterocycles.